The molecule has 1 aliphatic rings. The first kappa shape index (κ1) is 25.2. The molecule has 11 heteroatoms. The van der Waals surface area contributed by atoms with Crippen LogP contribution in [0.1, 0.15) is 46.9 Å². The number of hydrogen-bond donors (Lipinski definition) is 1. The number of carbonyl (C=O) groups excluding carboxylic acids is 1. The highest BCUT2D eigenvalue weighted by atomic mass is 35.5. The van der Waals surface area contributed by atoms with Crippen molar-refractivity contribution in [2.45, 2.75) is 31.5 Å². The standard InChI is InChI=1S/C26H24ClF3N6O/c27-19-6-4-7-20-23(19)18(16-36(20)25-31-10-5-11-32-25)24(37)34-15-21(35-12-2-1-3-13-35)17-8-9-22(33-14-17)26(28,29)30/h4-11,14,16,21H,1-3,12-13,15H2,(H,34,37). The SMILES string of the molecule is O=C(NCC(c1ccc(C(F)(F)F)nc1)N1CCCCC1)c1cn(-c2ncccn2)c2cccc(Cl)c12. The Morgan fingerprint density at radius 3 is 2.46 bits per heavy atom. The van der Waals surface area contributed by atoms with Gasteiger partial charge in [0, 0.05) is 36.7 Å². The van der Waals surface area contributed by atoms with Crippen LogP contribution in [0.2, 0.25) is 5.02 Å². The highest BCUT2D eigenvalue weighted by Gasteiger charge is 2.33. The van der Waals surface area contributed by atoms with E-state index < -0.39 is 11.9 Å². The first-order chi connectivity index (χ1) is 17.8. The average molecular weight is 529 g/mol. The van der Waals surface area contributed by atoms with Crippen LogP contribution in [0.4, 0.5) is 13.2 Å². The van der Waals surface area contributed by atoms with Crippen molar-refractivity contribution >= 4 is 28.4 Å². The minimum Gasteiger partial charge on any atom is -0.350 e. The second-order valence-corrected chi connectivity index (χ2v) is 9.30. The van der Waals surface area contributed by atoms with Crippen LogP contribution in [0, 0.1) is 0 Å². The zero-order valence-corrected chi connectivity index (χ0v) is 20.5. The molecule has 192 valence electrons. The van der Waals surface area contributed by atoms with Crippen molar-refractivity contribution in [2.75, 3.05) is 19.6 Å². The maximum atomic E-state index is 13.5. The number of benzene rings is 1. The molecule has 1 N–H and O–H groups in total. The van der Waals surface area contributed by atoms with Gasteiger partial charge in [0.15, 0.2) is 0 Å². The number of alkyl halides is 3. The van der Waals surface area contributed by atoms with E-state index in [0.29, 0.717) is 33.0 Å². The Morgan fingerprint density at radius 1 is 1.03 bits per heavy atom. The highest BCUT2D eigenvalue weighted by Crippen LogP contribution is 2.32. The van der Waals surface area contributed by atoms with Crippen LogP contribution in [0.25, 0.3) is 16.9 Å². The predicted octanol–water partition coefficient (Wildman–Crippen LogP) is 5.44. The van der Waals surface area contributed by atoms with Crippen molar-refractivity contribution in [2.24, 2.45) is 0 Å². The summed E-state index contributed by atoms with van der Waals surface area (Å²) >= 11 is 6.50. The quantitative estimate of drug-likeness (QED) is 0.360. The van der Waals surface area contributed by atoms with E-state index in [1.165, 1.54) is 12.3 Å². The molecule has 1 saturated heterocycles. The summed E-state index contributed by atoms with van der Waals surface area (Å²) in [4.78, 5) is 27.8. The van der Waals surface area contributed by atoms with Gasteiger partial charge in [-0.25, -0.2) is 9.97 Å². The third-order valence-corrected chi connectivity index (χ3v) is 6.85. The molecule has 0 saturated carbocycles. The van der Waals surface area contributed by atoms with Crippen molar-refractivity contribution < 1.29 is 18.0 Å². The number of nitrogens with one attached hydrogen (secondary N) is 1. The molecule has 0 bridgehead atoms. The number of carbonyl (C=O) groups is 1. The largest absolute Gasteiger partial charge is 0.433 e. The molecular weight excluding hydrogens is 505 g/mol. The number of hydrogen-bond acceptors (Lipinski definition) is 5. The van der Waals surface area contributed by atoms with Gasteiger partial charge in [0.1, 0.15) is 5.69 Å². The fraction of sp³-hybridized carbons (Fsp3) is 0.308. The smallest absolute Gasteiger partial charge is 0.350 e. The molecule has 1 aromatic carbocycles. The molecule has 0 radical (unpaired) electrons. The Hall–Kier alpha value is -3.50. The topological polar surface area (TPSA) is 75.9 Å². The predicted molar refractivity (Wildman–Crippen MR) is 134 cm³/mol. The minimum atomic E-state index is -4.51. The first-order valence-electron chi connectivity index (χ1n) is 12.0. The molecule has 1 aliphatic heterocycles. The number of nitrogens with zero attached hydrogens (tertiary/aromatic N) is 5. The van der Waals surface area contributed by atoms with Gasteiger partial charge >= 0.3 is 6.18 Å². The number of pyridine rings is 1. The van der Waals surface area contributed by atoms with Crippen LogP contribution in [0.15, 0.2) is 61.2 Å². The Balaban J connectivity index is 1.44. The van der Waals surface area contributed by atoms with Crippen molar-refractivity contribution in [3.63, 3.8) is 0 Å². The van der Waals surface area contributed by atoms with Gasteiger partial charge in [-0.2, -0.15) is 13.2 Å². The summed E-state index contributed by atoms with van der Waals surface area (Å²) in [6.07, 6.45) is 4.68. The van der Waals surface area contributed by atoms with Gasteiger partial charge in [-0.05, 0) is 55.8 Å². The van der Waals surface area contributed by atoms with Crippen molar-refractivity contribution in [1.29, 1.82) is 0 Å². The summed E-state index contributed by atoms with van der Waals surface area (Å²) in [5.41, 5.74) is 0.718. The number of piperidine rings is 1. The number of fused-ring (bicyclic) bond motifs is 1. The third kappa shape index (κ3) is 5.30. The monoisotopic (exact) mass is 528 g/mol. The third-order valence-electron chi connectivity index (χ3n) is 6.54. The Kier molecular flexibility index (Phi) is 7.12. The maximum Gasteiger partial charge on any atom is 0.433 e. The molecule has 0 spiro atoms. The fourth-order valence-corrected chi connectivity index (χ4v) is 5.01. The van der Waals surface area contributed by atoms with Crippen molar-refractivity contribution in [3.05, 3.63) is 83.0 Å². The van der Waals surface area contributed by atoms with Gasteiger partial charge in [0.25, 0.3) is 5.91 Å². The Labute approximate surface area is 216 Å². The first-order valence-corrected chi connectivity index (χ1v) is 12.3. The lowest BCUT2D eigenvalue weighted by Crippen LogP contribution is -2.40. The van der Waals surface area contributed by atoms with Gasteiger partial charge in [-0.3, -0.25) is 19.2 Å². The molecule has 37 heavy (non-hydrogen) atoms. The zero-order valence-electron chi connectivity index (χ0n) is 19.7. The van der Waals surface area contributed by atoms with Crippen LogP contribution in [0.3, 0.4) is 0 Å². The van der Waals surface area contributed by atoms with Crippen LogP contribution < -0.4 is 5.32 Å². The van der Waals surface area contributed by atoms with Crippen molar-refractivity contribution in [3.8, 4) is 5.95 Å². The maximum absolute atomic E-state index is 13.5. The summed E-state index contributed by atoms with van der Waals surface area (Å²) in [5, 5.41) is 3.96. The molecule has 5 rings (SSSR count). The molecular formula is C26H24ClF3N6O. The number of likely N-dealkylation sites (tertiary alicyclic amines) is 1. The second kappa shape index (κ2) is 10.5. The van der Waals surface area contributed by atoms with Gasteiger partial charge in [-0.15, -0.1) is 0 Å². The van der Waals surface area contributed by atoms with E-state index in [-0.39, 0.29) is 18.5 Å². The molecule has 1 unspecified atom stereocenters. The number of aromatic nitrogens is 4. The lowest BCUT2D eigenvalue weighted by molar-refractivity contribution is -0.141. The van der Waals surface area contributed by atoms with Crippen LogP contribution in [-0.2, 0) is 6.18 Å². The summed E-state index contributed by atoms with van der Waals surface area (Å²) < 4.78 is 40.9. The van der Waals surface area contributed by atoms with E-state index in [9.17, 15) is 18.0 Å². The Morgan fingerprint density at radius 2 is 1.78 bits per heavy atom. The highest BCUT2D eigenvalue weighted by molar-refractivity contribution is 6.37. The lowest BCUT2D eigenvalue weighted by Gasteiger charge is -2.35. The minimum absolute atomic E-state index is 0.199. The van der Waals surface area contributed by atoms with Crippen molar-refractivity contribution in [1.82, 2.24) is 29.7 Å². The number of rotatable bonds is 6. The molecule has 1 fully saturated rings. The Bertz CT molecular complexity index is 1390. The van der Waals surface area contributed by atoms with E-state index in [4.69, 9.17) is 11.6 Å². The lowest BCUT2D eigenvalue weighted by atomic mass is 10.0. The number of halogens is 4. The molecule has 0 aliphatic carbocycles. The molecule has 1 atom stereocenters. The van der Waals surface area contributed by atoms with E-state index >= 15 is 0 Å². The molecule has 4 heterocycles. The van der Waals surface area contributed by atoms with E-state index in [2.05, 4.69) is 25.2 Å². The van der Waals surface area contributed by atoms with Gasteiger partial charge in [0.05, 0.1) is 22.1 Å². The fourth-order valence-electron chi connectivity index (χ4n) is 4.74. The number of amides is 1. The summed E-state index contributed by atoms with van der Waals surface area (Å²) in [6.45, 7) is 1.78. The summed E-state index contributed by atoms with van der Waals surface area (Å²) in [6, 6.07) is 9.14. The zero-order chi connectivity index (χ0) is 26.0. The van der Waals surface area contributed by atoms with Gasteiger partial charge in [0.2, 0.25) is 5.95 Å². The summed E-state index contributed by atoms with van der Waals surface area (Å²) in [7, 11) is 0. The van der Waals surface area contributed by atoms with E-state index in [0.717, 1.165) is 38.4 Å². The molecule has 4 aromatic rings. The molecule has 7 nitrogen and oxygen atoms in total. The molecule has 3 aromatic heterocycles. The van der Waals surface area contributed by atoms with Gasteiger partial charge in [-0.1, -0.05) is 30.2 Å². The van der Waals surface area contributed by atoms with Gasteiger partial charge < -0.3 is 5.32 Å². The normalized spacial score (nSPS) is 15.6. The average Bonchev–Trinajstić information content (AvgIpc) is 3.31. The van der Waals surface area contributed by atoms with Crippen LogP contribution in [0.5, 0.6) is 0 Å². The molecule has 1 amide bonds. The van der Waals surface area contributed by atoms with E-state index in [1.54, 1.807) is 41.4 Å². The van der Waals surface area contributed by atoms with E-state index in [1.807, 2.05) is 6.07 Å². The second-order valence-electron chi connectivity index (χ2n) is 8.89. The summed E-state index contributed by atoms with van der Waals surface area (Å²) in [5.74, 6) is 0.0468. The van der Waals surface area contributed by atoms with Crippen LogP contribution in [-0.4, -0.2) is 50.0 Å². The van der Waals surface area contributed by atoms with Crippen LogP contribution >= 0.6 is 11.6 Å².